The average Bonchev–Trinajstić information content (AvgIpc) is 2.68. The first-order chi connectivity index (χ1) is 6.77. The van der Waals surface area contributed by atoms with E-state index in [9.17, 15) is 4.79 Å². The van der Waals surface area contributed by atoms with Crippen LogP contribution in [-0.2, 0) is 4.74 Å². The zero-order valence-electron chi connectivity index (χ0n) is 7.69. The highest BCUT2D eigenvalue weighted by Gasteiger charge is 2.20. The highest BCUT2D eigenvalue weighted by atomic mass is 16.5. The van der Waals surface area contributed by atoms with Crippen molar-refractivity contribution in [2.75, 3.05) is 6.61 Å². The molecule has 0 bridgehead atoms. The summed E-state index contributed by atoms with van der Waals surface area (Å²) in [4.78, 5) is 14.7. The Labute approximate surface area is 80.8 Å². The highest BCUT2D eigenvalue weighted by Crippen LogP contribution is 2.24. The number of aromatic nitrogens is 3. The van der Waals surface area contributed by atoms with Crippen molar-refractivity contribution in [3.8, 4) is 0 Å². The number of nitrogens with two attached hydrogens (primary N) is 1. The van der Waals surface area contributed by atoms with E-state index in [1.165, 1.54) is 0 Å². The number of amides is 1. The molecule has 2 rings (SSSR count). The summed E-state index contributed by atoms with van der Waals surface area (Å²) in [5.74, 6) is -0.00372. The number of H-pyrrole nitrogens is 1. The predicted molar refractivity (Wildman–Crippen MR) is 47.4 cm³/mol. The first-order valence-electron chi connectivity index (χ1n) is 4.61. The molecule has 6 heteroatoms. The number of hydrogen-bond acceptors (Lipinski definition) is 4. The Morgan fingerprint density at radius 3 is 3.00 bits per heavy atom. The van der Waals surface area contributed by atoms with Gasteiger partial charge in [-0.3, -0.25) is 9.89 Å². The first kappa shape index (κ1) is 9.14. The molecule has 0 spiro atoms. The topological polar surface area (TPSA) is 93.9 Å². The average molecular weight is 196 g/mol. The summed E-state index contributed by atoms with van der Waals surface area (Å²) in [5, 5.41) is 6.37. The molecule has 1 amide bonds. The van der Waals surface area contributed by atoms with Crippen LogP contribution < -0.4 is 5.73 Å². The van der Waals surface area contributed by atoms with Crippen LogP contribution in [0.25, 0.3) is 0 Å². The van der Waals surface area contributed by atoms with Gasteiger partial charge >= 0.3 is 0 Å². The number of hydrogen-bond donors (Lipinski definition) is 2. The van der Waals surface area contributed by atoms with E-state index >= 15 is 0 Å². The maximum Gasteiger partial charge on any atom is 0.288 e. The van der Waals surface area contributed by atoms with Gasteiger partial charge in [0.15, 0.2) is 5.82 Å². The molecular weight excluding hydrogens is 184 g/mol. The van der Waals surface area contributed by atoms with Crippen molar-refractivity contribution in [3.05, 3.63) is 11.6 Å². The molecular formula is C8H12N4O2. The fourth-order valence-electron chi connectivity index (χ4n) is 1.48. The first-order valence-corrected chi connectivity index (χ1v) is 4.61. The van der Waals surface area contributed by atoms with E-state index in [4.69, 9.17) is 10.5 Å². The Kier molecular flexibility index (Phi) is 2.45. The van der Waals surface area contributed by atoms with Gasteiger partial charge < -0.3 is 10.5 Å². The molecule has 0 saturated carbocycles. The normalized spacial score (nSPS) is 22.1. The smallest absolute Gasteiger partial charge is 0.288 e. The summed E-state index contributed by atoms with van der Waals surface area (Å²) >= 11 is 0. The summed E-state index contributed by atoms with van der Waals surface area (Å²) in [6.07, 6.45) is 3.03. The number of nitrogens with one attached hydrogen (secondary N) is 1. The van der Waals surface area contributed by atoms with Crippen LogP contribution in [0, 0.1) is 0 Å². The Balaban J connectivity index is 2.11. The fourth-order valence-corrected chi connectivity index (χ4v) is 1.48. The van der Waals surface area contributed by atoms with Crippen molar-refractivity contribution in [1.29, 1.82) is 0 Å². The van der Waals surface area contributed by atoms with Gasteiger partial charge in [0.25, 0.3) is 5.91 Å². The minimum Gasteiger partial charge on any atom is -0.370 e. The number of ether oxygens (including phenoxy) is 1. The Morgan fingerprint density at radius 2 is 2.43 bits per heavy atom. The van der Waals surface area contributed by atoms with Crippen LogP contribution >= 0.6 is 0 Å². The molecule has 1 aromatic rings. The molecule has 2 heterocycles. The highest BCUT2D eigenvalue weighted by molar-refractivity contribution is 5.88. The second kappa shape index (κ2) is 3.75. The van der Waals surface area contributed by atoms with Crippen LogP contribution in [-0.4, -0.2) is 27.7 Å². The molecule has 3 N–H and O–H groups in total. The molecule has 1 saturated heterocycles. The summed E-state index contributed by atoms with van der Waals surface area (Å²) in [7, 11) is 0. The van der Waals surface area contributed by atoms with Crippen molar-refractivity contribution in [1.82, 2.24) is 15.2 Å². The number of aromatic amines is 1. The number of rotatable bonds is 2. The lowest BCUT2D eigenvalue weighted by Crippen LogP contribution is -2.14. The van der Waals surface area contributed by atoms with E-state index in [1.54, 1.807) is 0 Å². The maximum absolute atomic E-state index is 10.7. The Bertz CT molecular complexity index is 330. The lowest BCUT2D eigenvalue weighted by Gasteiger charge is -2.19. The molecule has 1 atom stereocenters. The van der Waals surface area contributed by atoms with E-state index in [0.29, 0.717) is 5.82 Å². The van der Waals surface area contributed by atoms with Crippen LogP contribution in [0.1, 0.15) is 41.8 Å². The maximum atomic E-state index is 10.7. The van der Waals surface area contributed by atoms with Crippen molar-refractivity contribution in [3.63, 3.8) is 0 Å². The third-order valence-corrected chi connectivity index (χ3v) is 2.21. The zero-order valence-corrected chi connectivity index (χ0v) is 7.69. The molecule has 0 radical (unpaired) electrons. The number of primary amides is 1. The third kappa shape index (κ3) is 1.74. The minimum atomic E-state index is -0.622. The van der Waals surface area contributed by atoms with Crippen molar-refractivity contribution in [2.45, 2.75) is 25.4 Å². The van der Waals surface area contributed by atoms with Crippen molar-refractivity contribution >= 4 is 5.91 Å². The van der Waals surface area contributed by atoms with Crippen LogP contribution in [0.15, 0.2) is 0 Å². The van der Waals surface area contributed by atoms with E-state index < -0.39 is 5.91 Å². The fraction of sp³-hybridized carbons (Fsp3) is 0.625. The molecule has 1 aliphatic heterocycles. The molecule has 76 valence electrons. The van der Waals surface area contributed by atoms with Crippen molar-refractivity contribution in [2.24, 2.45) is 5.73 Å². The van der Waals surface area contributed by atoms with E-state index in [2.05, 4.69) is 15.2 Å². The van der Waals surface area contributed by atoms with Gasteiger partial charge in [-0.05, 0) is 19.3 Å². The molecule has 0 aliphatic carbocycles. The summed E-state index contributed by atoms with van der Waals surface area (Å²) in [6, 6.07) is 0. The monoisotopic (exact) mass is 196 g/mol. The van der Waals surface area contributed by atoms with Gasteiger partial charge in [0.05, 0.1) is 0 Å². The quantitative estimate of drug-likeness (QED) is 0.703. The van der Waals surface area contributed by atoms with Gasteiger partial charge in [-0.2, -0.15) is 0 Å². The van der Waals surface area contributed by atoms with E-state index in [1.807, 2.05) is 0 Å². The summed E-state index contributed by atoms with van der Waals surface area (Å²) in [5.41, 5.74) is 5.03. The van der Waals surface area contributed by atoms with Gasteiger partial charge in [0.1, 0.15) is 6.10 Å². The van der Waals surface area contributed by atoms with Gasteiger partial charge in [-0.1, -0.05) is 0 Å². The molecule has 14 heavy (non-hydrogen) atoms. The van der Waals surface area contributed by atoms with Crippen LogP contribution in [0.3, 0.4) is 0 Å². The molecule has 0 aromatic carbocycles. The van der Waals surface area contributed by atoms with Crippen molar-refractivity contribution < 1.29 is 9.53 Å². The Hall–Kier alpha value is -1.43. The van der Waals surface area contributed by atoms with Crippen LogP contribution in [0.4, 0.5) is 0 Å². The van der Waals surface area contributed by atoms with Gasteiger partial charge in [-0.25, -0.2) is 4.98 Å². The molecule has 1 unspecified atom stereocenters. The van der Waals surface area contributed by atoms with Crippen LogP contribution in [0.5, 0.6) is 0 Å². The number of carbonyl (C=O) groups excluding carboxylic acids is 1. The zero-order chi connectivity index (χ0) is 9.97. The summed E-state index contributed by atoms with van der Waals surface area (Å²) < 4.78 is 5.47. The molecule has 1 aliphatic rings. The standard InChI is InChI=1S/C8H12N4O2/c9-6(13)8-10-7(11-12-8)5-3-1-2-4-14-5/h5H,1-4H2,(H2,9,13)(H,10,11,12). The lowest BCUT2D eigenvalue weighted by atomic mass is 10.1. The predicted octanol–water partition coefficient (Wildman–Crippen LogP) is 0.145. The molecule has 1 aromatic heterocycles. The lowest BCUT2D eigenvalue weighted by molar-refractivity contribution is 0.00964. The number of nitrogens with zero attached hydrogens (tertiary/aromatic N) is 2. The summed E-state index contributed by atoms with van der Waals surface area (Å²) in [6.45, 7) is 0.733. The molecule has 6 nitrogen and oxygen atoms in total. The molecule has 1 fully saturated rings. The minimum absolute atomic E-state index is 0.0224. The van der Waals surface area contributed by atoms with Gasteiger partial charge in [0.2, 0.25) is 5.82 Å². The van der Waals surface area contributed by atoms with Gasteiger partial charge in [-0.15, -0.1) is 5.10 Å². The van der Waals surface area contributed by atoms with Gasteiger partial charge in [0, 0.05) is 6.61 Å². The third-order valence-electron chi connectivity index (χ3n) is 2.21. The SMILES string of the molecule is NC(=O)c1n[nH]c(C2CCCCO2)n1. The van der Waals surface area contributed by atoms with Crippen LogP contribution in [0.2, 0.25) is 0 Å². The Morgan fingerprint density at radius 1 is 1.57 bits per heavy atom. The van der Waals surface area contributed by atoms with E-state index in [-0.39, 0.29) is 11.9 Å². The van der Waals surface area contributed by atoms with E-state index in [0.717, 1.165) is 25.9 Å². The number of carbonyl (C=O) groups is 1. The second-order valence-corrected chi connectivity index (χ2v) is 3.26. The largest absolute Gasteiger partial charge is 0.370 e. The second-order valence-electron chi connectivity index (χ2n) is 3.26.